The molecule has 1 aliphatic rings. The number of carbonyl (C=O) groups excluding carboxylic acids is 1. The summed E-state index contributed by atoms with van der Waals surface area (Å²) in [4.78, 5) is 11.4. The molecule has 2 amide bonds. The number of urea groups is 1. The zero-order chi connectivity index (χ0) is 14.4. The Morgan fingerprint density at radius 1 is 1.16 bits per heavy atom. The number of hydrogen-bond acceptors (Lipinski definition) is 2. The first-order valence-corrected chi connectivity index (χ1v) is 6.41. The first-order valence-electron chi connectivity index (χ1n) is 6.41. The fourth-order valence-corrected chi connectivity index (χ4v) is 2.22. The molecule has 0 atom stereocenters. The van der Waals surface area contributed by atoms with Crippen molar-refractivity contribution >= 4 is 6.03 Å². The molecule has 0 aromatic heterocycles. The normalized spacial score (nSPS) is 19.7. The molecule has 1 fully saturated rings. The topological polar surface area (TPSA) is 64.9 Å². The third-order valence-electron chi connectivity index (χ3n) is 3.22. The lowest BCUT2D eigenvalue weighted by Crippen LogP contribution is -2.52. The SMILES string of the molecule is N#CC1(NC(=O)NCC(F)(F)F)CCCCCCC1. The van der Waals surface area contributed by atoms with Gasteiger partial charge in [-0.3, -0.25) is 0 Å². The predicted octanol–water partition coefficient (Wildman–Crippen LogP) is 2.85. The summed E-state index contributed by atoms with van der Waals surface area (Å²) in [6.07, 6.45) is 1.19. The first-order chi connectivity index (χ1) is 8.87. The number of alkyl halides is 3. The van der Waals surface area contributed by atoms with Gasteiger partial charge in [0.25, 0.3) is 0 Å². The van der Waals surface area contributed by atoms with Crippen molar-refractivity contribution in [3.8, 4) is 6.07 Å². The number of nitrogens with zero attached hydrogens (tertiary/aromatic N) is 1. The summed E-state index contributed by atoms with van der Waals surface area (Å²) in [5.41, 5.74) is -1.03. The Hall–Kier alpha value is -1.45. The van der Waals surface area contributed by atoms with E-state index >= 15 is 0 Å². The second kappa shape index (κ2) is 6.64. The minimum atomic E-state index is -4.45. The van der Waals surface area contributed by atoms with E-state index in [4.69, 9.17) is 0 Å². The van der Waals surface area contributed by atoms with Crippen LogP contribution >= 0.6 is 0 Å². The van der Waals surface area contributed by atoms with Crippen molar-refractivity contribution in [1.29, 1.82) is 5.26 Å². The van der Waals surface area contributed by atoms with Gasteiger partial charge in [-0.05, 0) is 12.8 Å². The molecule has 1 rings (SSSR count). The molecule has 4 nitrogen and oxygen atoms in total. The van der Waals surface area contributed by atoms with Gasteiger partial charge < -0.3 is 10.6 Å². The maximum atomic E-state index is 12.0. The van der Waals surface area contributed by atoms with Gasteiger partial charge in [-0.15, -0.1) is 0 Å². The van der Waals surface area contributed by atoms with E-state index in [2.05, 4.69) is 11.4 Å². The highest BCUT2D eigenvalue weighted by atomic mass is 19.4. The standard InChI is InChI=1S/C12H18F3N3O/c13-12(14,15)9-17-10(19)18-11(8-16)6-4-2-1-3-5-7-11/h1-7,9H2,(H2,17,18,19). The van der Waals surface area contributed by atoms with Crippen molar-refractivity contribution in [1.82, 2.24) is 10.6 Å². The van der Waals surface area contributed by atoms with Crippen molar-refractivity contribution in [3.05, 3.63) is 0 Å². The van der Waals surface area contributed by atoms with Crippen LogP contribution in [0.1, 0.15) is 44.9 Å². The highest BCUT2D eigenvalue weighted by molar-refractivity contribution is 5.75. The summed E-state index contributed by atoms with van der Waals surface area (Å²) < 4.78 is 35.9. The maximum absolute atomic E-state index is 12.0. The minimum absolute atomic E-state index is 0.489. The number of nitriles is 1. The molecule has 19 heavy (non-hydrogen) atoms. The van der Waals surface area contributed by atoms with Crippen LogP contribution < -0.4 is 10.6 Å². The molecule has 0 spiro atoms. The highest BCUT2D eigenvalue weighted by Gasteiger charge is 2.33. The molecule has 2 N–H and O–H groups in total. The molecule has 0 aliphatic heterocycles. The summed E-state index contributed by atoms with van der Waals surface area (Å²) >= 11 is 0. The van der Waals surface area contributed by atoms with Gasteiger partial charge in [0, 0.05) is 0 Å². The van der Waals surface area contributed by atoms with Crippen molar-refractivity contribution in [2.45, 2.75) is 56.7 Å². The van der Waals surface area contributed by atoms with E-state index in [0.29, 0.717) is 12.8 Å². The average Bonchev–Trinajstić information content (AvgIpc) is 2.29. The Morgan fingerprint density at radius 3 is 2.16 bits per heavy atom. The maximum Gasteiger partial charge on any atom is 0.405 e. The van der Waals surface area contributed by atoms with E-state index in [1.54, 1.807) is 5.32 Å². The van der Waals surface area contributed by atoms with Crippen molar-refractivity contribution in [3.63, 3.8) is 0 Å². The van der Waals surface area contributed by atoms with E-state index in [9.17, 15) is 23.2 Å². The van der Waals surface area contributed by atoms with E-state index in [1.807, 2.05) is 0 Å². The van der Waals surface area contributed by atoms with Gasteiger partial charge in [-0.1, -0.05) is 32.1 Å². The van der Waals surface area contributed by atoms with E-state index in [1.165, 1.54) is 0 Å². The number of rotatable bonds is 2. The molecular formula is C12H18F3N3O. The smallest absolute Gasteiger partial charge is 0.329 e. The third kappa shape index (κ3) is 5.81. The summed E-state index contributed by atoms with van der Waals surface area (Å²) in [6.45, 7) is -1.39. The average molecular weight is 277 g/mol. The zero-order valence-electron chi connectivity index (χ0n) is 10.6. The zero-order valence-corrected chi connectivity index (χ0v) is 10.6. The van der Waals surface area contributed by atoms with Crippen molar-refractivity contribution in [2.75, 3.05) is 6.54 Å². The molecule has 7 heteroatoms. The highest BCUT2D eigenvalue weighted by Crippen LogP contribution is 2.25. The van der Waals surface area contributed by atoms with Crippen LogP contribution in [-0.2, 0) is 0 Å². The molecule has 108 valence electrons. The van der Waals surface area contributed by atoms with Crippen LogP contribution in [0.5, 0.6) is 0 Å². The number of hydrogen-bond donors (Lipinski definition) is 2. The minimum Gasteiger partial charge on any atom is -0.329 e. The van der Waals surface area contributed by atoms with Gasteiger partial charge in [0.1, 0.15) is 12.1 Å². The lowest BCUT2D eigenvalue weighted by atomic mass is 9.85. The first kappa shape index (κ1) is 15.6. The predicted molar refractivity (Wildman–Crippen MR) is 63.3 cm³/mol. The Balaban J connectivity index is 2.54. The summed E-state index contributed by atoms with van der Waals surface area (Å²) in [5, 5.41) is 13.4. The van der Waals surface area contributed by atoms with E-state index in [-0.39, 0.29) is 0 Å². The van der Waals surface area contributed by atoms with Crippen LogP contribution in [0.4, 0.5) is 18.0 Å². The fourth-order valence-electron chi connectivity index (χ4n) is 2.22. The number of halogens is 3. The van der Waals surface area contributed by atoms with Gasteiger partial charge in [0.05, 0.1) is 6.07 Å². The summed E-state index contributed by atoms with van der Waals surface area (Å²) in [6, 6.07) is 1.13. The second-order valence-electron chi connectivity index (χ2n) is 4.88. The number of carbonyl (C=O) groups is 1. The Bertz CT molecular complexity index is 341. The molecule has 1 saturated carbocycles. The van der Waals surface area contributed by atoms with Crippen molar-refractivity contribution in [2.24, 2.45) is 0 Å². The van der Waals surface area contributed by atoms with E-state index < -0.39 is 24.3 Å². The molecule has 0 radical (unpaired) electrons. The number of amides is 2. The lowest BCUT2D eigenvalue weighted by molar-refractivity contribution is -0.122. The van der Waals surface area contributed by atoms with Crippen LogP contribution in [0.3, 0.4) is 0 Å². The van der Waals surface area contributed by atoms with Crippen LogP contribution in [0, 0.1) is 11.3 Å². The van der Waals surface area contributed by atoms with Crippen LogP contribution in [0.2, 0.25) is 0 Å². The van der Waals surface area contributed by atoms with Crippen LogP contribution in [0.25, 0.3) is 0 Å². The largest absolute Gasteiger partial charge is 0.405 e. The molecule has 0 bridgehead atoms. The molecule has 0 saturated heterocycles. The monoisotopic (exact) mass is 277 g/mol. The van der Waals surface area contributed by atoms with Crippen LogP contribution in [0.15, 0.2) is 0 Å². The van der Waals surface area contributed by atoms with Gasteiger partial charge >= 0.3 is 12.2 Å². The number of nitrogens with one attached hydrogen (secondary N) is 2. The summed E-state index contributed by atoms with van der Waals surface area (Å²) in [7, 11) is 0. The Labute approximate surface area is 110 Å². The molecule has 0 unspecified atom stereocenters. The Morgan fingerprint density at radius 2 is 1.68 bits per heavy atom. The molecular weight excluding hydrogens is 259 g/mol. The second-order valence-corrected chi connectivity index (χ2v) is 4.88. The van der Waals surface area contributed by atoms with Gasteiger partial charge in [0.15, 0.2) is 0 Å². The summed E-state index contributed by atoms with van der Waals surface area (Å²) in [5.74, 6) is 0. The van der Waals surface area contributed by atoms with Gasteiger partial charge in [-0.2, -0.15) is 18.4 Å². The Kier molecular flexibility index (Phi) is 5.45. The molecule has 1 aliphatic carbocycles. The lowest BCUT2D eigenvalue weighted by Gasteiger charge is -2.29. The molecule has 0 aromatic carbocycles. The van der Waals surface area contributed by atoms with Crippen molar-refractivity contribution < 1.29 is 18.0 Å². The fraction of sp³-hybridized carbons (Fsp3) is 0.833. The molecule has 0 heterocycles. The quantitative estimate of drug-likeness (QED) is 0.815. The van der Waals surface area contributed by atoms with Gasteiger partial charge in [-0.25, -0.2) is 4.79 Å². The van der Waals surface area contributed by atoms with Crippen LogP contribution in [-0.4, -0.2) is 24.3 Å². The third-order valence-corrected chi connectivity index (χ3v) is 3.22. The van der Waals surface area contributed by atoms with Gasteiger partial charge in [0.2, 0.25) is 0 Å². The molecule has 0 aromatic rings. The van der Waals surface area contributed by atoms with E-state index in [0.717, 1.165) is 32.1 Å².